The summed E-state index contributed by atoms with van der Waals surface area (Å²) in [5.41, 5.74) is 1.07. The van der Waals surface area contributed by atoms with Crippen molar-refractivity contribution in [3.8, 4) is 0 Å². The number of nitrogens with one attached hydrogen (secondary N) is 1. The van der Waals surface area contributed by atoms with Gasteiger partial charge in [0.15, 0.2) is 0 Å². The summed E-state index contributed by atoms with van der Waals surface area (Å²) in [6.45, 7) is 4.52. The molecule has 0 radical (unpaired) electrons. The second-order valence-corrected chi connectivity index (χ2v) is 4.25. The molecule has 4 nitrogen and oxygen atoms in total. The van der Waals surface area contributed by atoms with E-state index in [9.17, 15) is 0 Å². The lowest BCUT2D eigenvalue weighted by Gasteiger charge is -2.22. The molecule has 0 fully saturated rings. The van der Waals surface area contributed by atoms with Crippen molar-refractivity contribution < 1.29 is 0 Å². The van der Waals surface area contributed by atoms with Gasteiger partial charge in [0.1, 0.15) is 0 Å². The van der Waals surface area contributed by atoms with Gasteiger partial charge in [0.2, 0.25) is 0 Å². The van der Waals surface area contributed by atoms with Crippen LogP contribution in [0.25, 0.3) is 0 Å². The summed E-state index contributed by atoms with van der Waals surface area (Å²) >= 11 is 0. The maximum Gasteiger partial charge on any atom is 0.0842 e. The van der Waals surface area contributed by atoms with Crippen molar-refractivity contribution in [1.29, 1.82) is 0 Å². The van der Waals surface area contributed by atoms with E-state index in [1.165, 1.54) is 12.8 Å². The average Bonchev–Trinajstić information content (AvgIpc) is 2.61. The second-order valence-electron chi connectivity index (χ2n) is 4.25. The Morgan fingerprint density at radius 2 is 2.27 bits per heavy atom. The van der Waals surface area contributed by atoms with E-state index in [4.69, 9.17) is 0 Å². The Morgan fingerprint density at radius 3 is 2.73 bits per heavy atom. The maximum absolute atomic E-state index is 4.12. The minimum Gasteiger partial charge on any atom is -0.316 e. The van der Waals surface area contributed by atoms with Gasteiger partial charge in [-0.3, -0.25) is 4.68 Å². The lowest BCUT2D eigenvalue weighted by atomic mass is 9.93. The molecular weight excluding hydrogens is 188 g/mol. The van der Waals surface area contributed by atoms with Crippen molar-refractivity contribution in [2.45, 2.75) is 39.2 Å². The number of nitrogens with zero attached hydrogens (tertiary/aromatic N) is 3. The van der Waals surface area contributed by atoms with Crippen LogP contribution in [0.5, 0.6) is 0 Å². The number of rotatable bonds is 6. The van der Waals surface area contributed by atoms with Crippen molar-refractivity contribution in [2.24, 2.45) is 13.0 Å². The number of likely N-dealkylation sites (N-methyl/N-ethyl adjacent to an activating group) is 1. The van der Waals surface area contributed by atoms with Crippen LogP contribution in [-0.2, 0) is 13.5 Å². The van der Waals surface area contributed by atoms with Crippen molar-refractivity contribution in [3.05, 3.63) is 11.9 Å². The summed E-state index contributed by atoms with van der Waals surface area (Å²) in [5.74, 6) is 0.682. The highest BCUT2D eigenvalue weighted by atomic mass is 15.4. The van der Waals surface area contributed by atoms with Gasteiger partial charge in [0, 0.05) is 25.7 Å². The van der Waals surface area contributed by atoms with Crippen LogP contribution in [0.4, 0.5) is 0 Å². The fraction of sp³-hybridized carbons (Fsp3) is 0.818. The van der Waals surface area contributed by atoms with E-state index < -0.39 is 0 Å². The van der Waals surface area contributed by atoms with E-state index >= 15 is 0 Å². The lowest BCUT2D eigenvalue weighted by Crippen LogP contribution is -2.34. The normalized spacial score (nSPS) is 15.2. The molecule has 0 saturated carbocycles. The molecule has 0 amide bonds. The van der Waals surface area contributed by atoms with Gasteiger partial charge >= 0.3 is 0 Å². The molecule has 15 heavy (non-hydrogen) atoms. The zero-order chi connectivity index (χ0) is 11.3. The lowest BCUT2D eigenvalue weighted by molar-refractivity contribution is 0.369. The SMILES string of the molecule is CCCC(C)C(Cc1cn(C)nn1)NC. The Kier molecular flexibility index (Phi) is 4.75. The first-order chi connectivity index (χ1) is 7.17. The van der Waals surface area contributed by atoms with Crippen molar-refractivity contribution in [2.75, 3.05) is 7.05 Å². The van der Waals surface area contributed by atoms with Crippen molar-refractivity contribution in [1.82, 2.24) is 20.3 Å². The molecule has 1 aromatic heterocycles. The first-order valence-electron chi connectivity index (χ1n) is 5.69. The molecule has 1 aromatic rings. The van der Waals surface area contributed by atoms with E-state index in [0.29, 0.717) is 12.0 Å². The van der Waals surface area contributed by atoms with Crippen LogP contribution in [-0.4, -0.2) is 28.1 Å². The third kappa shape index (κ3) is 3.63. The molecule has 86 valence electrons. The number of aryl methyl sites for hydroxylation is 1. The third-order valence-electron chi connectivity index (χ3n) is 2.88. The highest BCUT2D eigenvalue weighted by Crippen LogP contribution is 2.13. The average molecular weight is 210 g/mol. The summed E-state index contributed by atoms with van der Waals surface area (Å²) in [5, 5.41) is 11.4. The quantitative estimate of drug-likeness (QED) is 0.771. The molecule has 1 N–H and O–H groups in total. The van der Waals surface area contributed by atoms with Gasteiger partial charge in [-0.2, -0.15) is 0 Å². The minimum atomic E-state index is 0.502. The Bertz CT molecular complexity index is 282. The fourth-order valence-corrected chi connectivity index (χ4v) is 1.96. The monoisotopic (exact) mass is 210 g/mol. The molecule has 1 heterocycles. The Labute approximate surface area is 92.1 Å². The molecule has 4 heteroatoms. The van der Waals surface area contributed by atoms with E-state index in [1.807, 2.05) is 20.3 Å². The standard InChI is InChI=1S/C11H22N4/c1-5-6-9(2)11(12-3)7-10-8-15(4)14-13-10/h8-9,11-12H,5-7H2,1-4H3. The smallest absolute Gasteiger partial charge is 0.0842 e. The van der Waals surface area contributed by atoms with Gasteiger partial charge < -0.3 is 5.32 Å². The molecular formula is C11H22N4. The van der Waals surface area contributed by atoms with Crippen LogP contribution in [0.3, 0.4) is 0 Å². The zero-order valence-corrected chi connectivity index (χ0v) is 10.2. The molecule has 2 unspecified atom stereocenters. The first kappa shape index (κ1) is 12.2. The molecule has 0 aliphatic heterocycles. The molecule has 1 rings (SSSR count). The van der Waals surface area contributed by atoms with E-state index in [-0.39, 0.29) is 0 Å². The Morgan fingerprint density at radius 1 is 1.53 bits per heavy atom. The van der Waals surface area contributed by atoms with Crippen molar-refractivity contribution in [3.63, 3.8) is 0 Å². The molecule has 0 bridgehead atoms. The first-order valence-corrected chi connectivity index (χ1v) is 5.69. The van der Waals surface area contributed by atoms with Crippen LogP contribution < -0.4 is 5.32 Å². The topological polar surface area (TPSA) is 42.7 Å². The van der Waals surface area contributed by atoms with Gasteiger partial charge in [-0.15, -0.1) is 5.10 Å². The van der Waals surface area contributed by atoms with Crippen molar-refractivity contribution >= 4 is 0 Å². The largest absolute Gasteiger partial charge is 0.316 e. The summed E-state index contributed by atoms with van der Waals surface area (Å²) in [4.78, 5) is 0. The van der Waals surface area contributed by atoms with E-state index in [0.717, 1.165) is 12.1 Å². The number of aromatic nitrogens is 3. The molecule has 0 spiro atoms. The Hall–Kier alpha value is -0.900. The van der Waals surface area contributed by atoms with Gasteiger partial charge in [-0.25, -0.2) is 0 Å². The van der Waals surface area contributed by atoms with Crippen LogP contribution in [0.15, 0.2) is 6.20 Å². The second kappa shape index (κ2) is 5.85. The minimum absolute atomic E-state index is 0.502. The van der Waals surface area contributed by atoms with E-state index in [1.54, 1.807) is 4.68 Å². The van der Waals surface area contributed by atoms with Gasteiger partial charge in [-0.1, -0.05) is 25.5 Å². The van der Waals surface area contributed by atoms with Crippen LogP contribution in [0.2, 0.25) is 0 Å². The molecule has 2 atom stereocenters. The molecule has 0 aromatic carbocycles. The highest BCUT2D eigenvalue weighted by Gasteiger charge is 2.16. The van der Waals surface area contributed by atoms with Crippen LogP contribution in [0.1, 0.15) is 32.4 Å². The van der Waals surface area contributed by atoms with E-state index in [2.05, 4.69) is 29.5 Å². The molecule has 0 aliphatic carbocycles. The molecule has 0 aliphatic rings. The fourth-order valence-electron chi connectivity index (χ4n) is 1.96. The van der Waals surface area contributed by atoms with Gasteiger partial charge in [-0.05, 0) is 19.4 Å². The Balaban J connectivity index is 2.53. The summed E-state index contributed by atoms with van der Waals surface area (Å²) in [7, 11) is 3.92. The number of hydrogen-bond donors (Lipinski definition) is 1. The predicted octanol–water partition coefficient (Wildman–Crippen LogP) is 1.38. The summed E-state index contributed by atoms with van der Waals surface area (Å²) in [6, 6.07) is 0.502. The molecule has 0 saturated heterocycles. The highest BCUT2D eigenvalue weighted by molar-refractivity contribution is 4.96. The zero-order valence-electron chi connectivity index (χ0n) is 10.2. The number of hydrogen-bond acceptors (Lipinski definition) is 3. The summed E-state index contributed by atoms with van der Waals surface area (Å²) in [6.07, 6.45) is 5.44. The maximum atomic E-state index is 4.12. The summed E-state index contributed by atoms with van der Waals surface area (Å²) < 4.78 is 1.76. The van der Waals surface area contributed by atoms with Crippen LogP contribution >= 0.6 is 0 Å². The van der Waals surface area contributed by atoms with Gasteiger partial charge in [0.05, 0.1) is 5.69 Å². The van der Waals surface area contributed by atoms with Gasteiger partial charge in [0.25, 0.3) is 0 Å². The third-order valence-corrected chi connectivity index (χ3v) is 2.88. The van der Waals surface area contributed by atoms with Crippen LogP contribution in [0, 0.1) is 5.92 Å². The predicted molar refractivity (Wildman–Crippen MR) is 61.6 cm³/mol.